The number of nitrogens with one attached hydrogen (secondary N) is 2. The van der Waals surface area contributed by atoms with E-state index in [1.807, 2.05) is 6.92 Å². The number of pyridine rings is 1. The van der Waals surface area contributed by atoms with Crippen molar-refractivity contribution in [3.05, 3.63) is 34.2 Å². The predicted octanol–water partition coefficient (Wildman–Crippen LogP) is 1.68. The summed E-state index contributed by atoms with van der Waals surface area (Å²) < 4.78 is 0. The summed E-state index contributed by atoms with van der Waals surface area (Å²) in [5.74, 6) is 0.386. The molecule has 2 N–H and O–H groups in total. The summed E-state index contributed by atoms with van der Waals surface area (Å²) in [6.07, 6.45) is 4.89. The standard InChI is InChI=1S/C13H18N2O2/c1-9(10-5-2-3-6-10)14-13(17)11-7-4-8-12(16)15-11/h4,7-10H,2-3,5-6H2,1H3,(H,14,17)(H,15,16). The van der Waals surface area contributed by atoms with E-state index in [9.17, 15) is 9.59 Å². The average Bonchev–Trinajstić information content (AvgIpc) is 2.82. The number of rotatable bonds is 3. The first-order chi connectivity index (χ1) is 8.16. The van der Waals surface area contributed by atoms with Crippen LogP contribution in [0.3, 0.4) is 0 Å². The maximum atomic E-state index is 11.9. The first kappa shape index (κ1) is 11.9. The van der Waals surface area contributed by atoms with E-state index in [1.54, 1.807) is 12.1 Å². The summed E-state index contributed by atoms with van der Waals surface area (Å²) in [6, 6.07) is 4.79. The molecule has 1 aliphatic rings. The van der Waals surface area contributed by atoms with Crippen molar-refractivity contribution in [2.45, 2.75) is 38.6 Å². The normalized spacial score (nSPS) is 17.9. The van der Waals surface area contributed by atoms with Crippen molar-refractivity contribution in [1.29, 1.82) is 0 Å². The topological polar surface area (TPSA) is 62.0 Å². The van der Waals surface area contributed by atoms with Crippen LogP contribution in [0, 0.1) is 5.92 Å². The highest BCUT2D eigenvalue weighted by Gasteiger charge is 2.23. The molecule has 17 heavy (non-hydrogen) atoms. The number of H-pyrrole nitrogens is 1. The number of aromatic nitrogens is 1. The van der Waals surface area contributed by atoms with Gasteiger partial charge in [-0.1, -0.05) is 18.9 Å². The van der Waals surface area contributed by atoms with Gasteiger partial charge in [-0.05, 0) is 31.7 Å². The highest BCUT2D eigenvalue weighted by atomic mass is 16.2. The number of hydrogen-bond acceptors (Lipinski definition) is 2. The quantitative estimate of drug-likeness (QED) is 0.836. The van der Waals surface area contributed by atoms with Crippen molar-refractivity contribution in [3.63, 3.8) is 0 Å². The number of hydrogen-bond donors (Lipinski definition) is 2. The summed E-state index contributed by atoms with van der Waals surface area (Å²) >= 11 is 0. The molecule has 92 valence electrons. The van der Waals surface area contributed by atoms with Gasteiger partial charge >= 0.3 is 0 Å². The predicted molar refractivity (Wildman–Crippen MR) is 65.9 cm³/mol. The summed E-state index contributed by atoms with van der Waals surface area (Å²) in [5, 5.41) is 2.96. The number of carbonyl (C=O) groups is 1. The molecule has 1 heterocycles. The molecule has 4 nitrogen and oxygen atoms in total. The lowest BCUT2D eigenvalue weighted by atomic mass is 10.00. The van der Waals surface area contributed by atoms with Crippen LogP contribution >= 0.6 is 0 Å². The van der Waals surface area contributed by atoms with E-state index in [1.165, 1.54) is 31.7 Å². The third-order valence-corrected chi connectivity index (χ3v) is 3.48. The Kier molecular flexibility index (Phi) is 3.61. The molecule has 1 atom stereocenters. The van der Waals surface area contributed by atoms with E-state index >= 15 is 0 Å². The van der Waals surface area contributed by atoms with Gasteiger partial charge in [0.05, 0.1) is 0 Å². The van der Waals surface area contributed by atoms with Gasteiger partial charge in [0.2, 0.25) is 5.56 Å². The molecule has 0 radical (unpaired) electrons. The van der Waals surface area contributed by atoms with Gasteiger partial charge in [0.15, 0.2) is 0 Å². The molecule has 1 aromatic heterocycles. The van der Waals surface area contributed by atoms with Gasteiger partial charge in [0, 0.05) is 12.1 Å². The maximum absolute atomic E-state index is 11.9. The van der Waals surface area contributed by atoms with Crippen LogP contribution in [0.5, 0.6) is 0 Å². The molecule has 0 spiro atoms. The van der Waals surface area contributed by atoms with Crippen molar-refractivity contribution < 1.29 is 4.79 Å². The highest BCUT2D eigenvalue weighted by Crippen LogP contribution is 2.27. The largest absolute Gasteiger partial charge is 0.348 e. The zero-order valence-electron chi connectivity index (χ0n) is 10.0. The Labute approximate surface area is 100 Å². The Morgan fingerprint density at radius 2 is 2.12 bits per heavy atom. The van der Waals surface area contributed by atoms with Gasteiger partial charge in [0.25, 0.3) is 5.91 Å². The molecule has 1 amide bonds. The lowest BCUT2D eigenvalue weighted by molar-refractivity contribution is 0.0922. The molecule has 1 aromatic rings. The summed E-state index contributed by atoms with van der Waals surface area (Å²) in [7, 11) is 0. The molecule has 1 aliphatic carbocycles. The van der Waals surface area contributed by atoms with E-state index in [-0.39, 0.29) is 17.5 Å². The van der Waals surface area contributed by atoms with Gasteiger partial charge in [-0.15, -0.1) is 0 Å². The van der Waals surface area contributed by atoms with Crippen LogP contribution in [0.1, 0.15) is 43.1 Å². The van der Waals surface area contributed by atoms with Crippen LogP contribution in [0.2, 0.25) is 0 Å². The maximum Gasteiger partial charge on any atom is 0.268 e. The van der Waals surface area contributed by atoms with Gasteiger partial charge < -0.3 is 10.3 Å². The molecule has 0 saturated heterocycles. The molecule has 0 aliphatic heterocycles. The minimum atomic E-state index is -0.244. The number of carbonyl (C=O) groups excluding carboxylic acids is 1. The van der Waals surface area contributed by atoms with Crippen molar-refractivity contribution >= 4 is 5.91 Å². The molecule has 0 bridgehead atoms. The Morgan fingerprint density at radius 1 is 1.41 bits per heavy atom. The van der Waals surface area contributed by atoms with E-state index in [0.29, 0.717) is 11.6 Å². The molecule has 2 rings (SSSR count). The third kappa shape index (κ3) is 2.96. The molecular formula is C13H18N2O2. The zero-order chi connectivity index (χ0) is 12.3. The van der Waals surface area contributed by atoms with Crippen LogP contribution in [0.25, 0.3) is 0 Å². The summed E-state index contributed by atoms with van der Waals surface area (Å²) in [5.41, 5.74) is 0.0912. The molecule has 1 fully saturated rings. The fourth-order valence-electron chi connectivity index (χ4n) is 2.44. The van der Waals surface area contributed by atoms with Crippen LogP contribution in [-0.4, -0.2) is 16.9 Å². The smallest absolute Gasteiger partial charge is 0.268 e. The number of amides is 1. The monoisotopic (exact) mass is 234 g/mol. The average molecular weight is 234 g/mol. The van der Waals surface area contributed by atoms with E-state index < -0.39 is 0 Å². The second kappa shape index (κ2) is 5.17. The Morgan fingerprint density at radius 3 is 2.76 bits per heavy atom. The minimum absolute atomic E-state index is 0.175. The van der Waals surface area contributed by atoms with Gasteiger partial charge in [-0.2, -0.15) is 0 Å². The van der Waals surface area contributed by atoms with Crippen molar-refractivity contribution in [2.24, 2.45) is 5.92 Å². The number of aromatic amines is 1. The Balaban J connectivity index is 1.98. The molecular weight excluding hydrogens is 216 g/mol. The molecule has 1 saturated carbocycles. The van der Waals surface area contributed by atoms with Gasteiger partial charge in [0.1, 0.15) is 5.69 Å². The van der Waals surface area contributed by atoms with Crippen molar-refractivity contribution in [1.82, 2.24) is 10.3 Å². The van der Waals surface area contributed by atoms with Gasteiger partial charge in [-0.3, -0.25) is 9.59 Å². The van der Waals surface area contributed by atoms with Crippen LogP contribution < -0.4 is 10.9 Å². The fraction of sp³-hybridized carbons (Fsp3) is 0.538. The second-order valence-electron chi connectivity index (χ2n) is 4.74. The van der Waals surface area contributed by atoms with Crippen LogP contribution in [0.15, 0.2) is 23.0 Å². The molecule has 0 aromatic carbocycles. The summed E-state index contributed by atoms with van der Waals surface area (Å²) in [4.78, 5) is 25.5. The van der Waals surface area contributed by atoms with Crippen molar-refractivity contribution in [3.8, 4) is 0 Å². The molecule has 1 unspecified atom stereocenters. The van der Waals surface area contributed by atoms with E-state index in [0.717, 1.165) is 0 Å². The first-order valence-electron chi connectivity index (χ1n) is 6.17. The SMILES string of the molecule is CC(NC(=O)c1cccc(=O)[nH]1)C1CCCC1. The lowest BCUT2D eigenvalue weighted by Gasteiger charge is -2.20. The Bertz CT molecular complexity index is 447. The summed E-state index contributed by atoms with van der Waals surface area (Å²) in [6.45, 7) is 2.04. The van der Waals surface area contributed by atoms with Gasteiger partial charge in [-0.25, -0.2) is 0 Å². The van der Waals surface area contributed by atoms with Crippen LogP contribution in [0.4, 0.5) is 0 Å². The zero-order valence-corrected chi connectivity index (χ0v) is 10.0. The highest BCUT2D eigenvalue weighted by molar-refractivity contribution is 5.92. The first-order valence-corrected chi connectivity index (χ1v) is 6.17. The van der Waals surface area contributed by atoms with Crippen LogP contribution in [-0.2, 0) is 0 Å². The Hall–Kier alpha value is -1.58. The second-order valence-corrected chi connectivity index (χ2v) is 4.74. The van der Waals surface area contributed by atoms with Crippen molar-refractivity contribution in [2.75, 3.05) is 0 Å². The third-order valence-electron chi connectivity index (χ3n) is 3.48. The fourth-order valence-corrected chi connectivity index (χ4v) is 2.44. The minimum Gasteiger partial charge on any atom is -0.348 e. The lowest BCUT2D eigenvalue weighted by Crippen LogP contribution is -2.38. The van der Waals surface area contributed by atoms with E-state index in [2.05, 4.69) is 10.3 Å². The molecule has 4 heteroatoms. The van der Waals surface area contributed by atoms with E-state index in [4.69, 9.17) is 0 Å².